The number of para-hydroxylation sites is 1. The Balaban J connectivity index is 1.70. The summed E-state index contributed by atoms with van der Waals surface area (Å²) in [5, 5.41) is 10.4. The number of benzene rings is 2. The van der Waals surface area contributed by atoms with E-state index in [0.29, 0.717) is 16.6 Å². The van der Waals surface area contributed by atoms with Gasteiger partial charge >= 0.3 is 0 Å². The second-order valence-corrected chi connectivity index (χ2v) is 10.1. The normalized spacial score (nSPS) is 11.6. The highest BCUT2D eigenvalue weighted by Crippen LogP contribution is 2.31. The van der Waals surface area contributed by atoms with Crippen molar-refractivity contribution in [1.29, 1.82) is 0 Å². The zero-order valence-electron chi connectivity index (χ0n) is 18.5. The van der Waals surface area contributed by atoms with Crippen LogP contribution in [0, 0.1) is 0 Å². The number of rotatable bonds is 6. The van der Waals surface area contributed by atoms with Gasteiger partial charge in [0.2, 0.25) is 0 Å². The van der Waals surface area contributed by atoms with Crippen molar-refractivity contribution in [2.24, 2.45) is 0 Å². The monoisotopic (exact) mass is 463 g/mol. The first-order valence-electron chi connectivity index (χ1n) is 10.2. The molecule has 0 spiro atoms. The van der Waals surface area contributed by atoms with Gasteiger partial charge in [-0.2, -0.15) is 0 Å². The maximum atomic E-state index is 11.9. The second-order valence-electron chi connectivity index (χ2n) is 8.34. The summed E-state index contributed by atoms with van der Waals surface area (Å²) in [5.41, 5.74) is 3.90. The molecular formula is C24H25N5OS2. The number of nitrogens with zero attached hydrogens (tertiary/aromatic N) is 4. The summed E-state index contributed by atoms with van der Waals surface area (Å²) >= 11 is 2.92. The van der Waals surface area contributed by atoms with E-state index >= 15 is 0 Å². The minimum atomic E-state index is -0.149. The Labute approximate surface area is 195 Å². The highest BCUT2D eigenvalue weighted by atomic mass is 32.2. The van der Waals surface area contributed by atoms with Gasteiger partial charge in [-0.1, -0.05) is 86.8 Å². The molecule has 0 saturated carbocycles. The maximum Gasteiger partial charge on any atom is 0.251 e. The van der Waals surface area contributed by atoms with Gasteiger partial charge in [0, 0.05) is 23.1 Å². The molecule has 0 aliphatic carbocycles. The van der Waals surface area contributed by atoms with Gasteiger partial charge in [0.25, 0.3) is 5.56 Å². The van der Waals surface area contributed by atoms with E-state index in [1.807, 2.05) is 36.6 Å². The van der Waals surface area contributed by atoms with Gasteiger partial charge in [0.05, 0.1) is 5.69 Å². The van der Waals surface area contributed by atoms with Crippen LogP contribution in [0.1, 0.15) is 32.0 Å². The van der Waals surface area contributed by atoms with E-state index in [1.165, 1.54) is 35.2 Å². The summed E-state index contributed by atoms with van der Waals surface area (Å²) in [6.07, 6.45) is 1.89. The molecule has 32 heavy (non-hydrogen) atoms. The summed E-state index contributed by atoms with van der Waals surface area (Å²) in [5.74, 6) is 1.30. The Bertz CT molecular complexity index is 1260. The van der Waals surface area contributed by atoms with Crippen LogP contribution in [0.3, 0.4) is 0 Å². The van der Waals surface area contributed by atoms with Crippen molar-refractivity contribution >= 4 is 23.5 Å². The number of hydrogen-bond acceptors (Lipinski definition) is 6. The molecule has 0 aliphatic heterocycles. The molecule has 8 heteroatoms. The summed E-state index contributed by atoms with van der Waals surface area (Å²) < 4.78 is 2.05. The van der Waals surface area contributed by atoms with E-state index in [4.69, 9.17) is 0 Å². The van der Waals surface area contributed by atoms with E-state index in [9.17, 15) is 4.79 Å². The molecule has 4 aromatic rings. The molecule has 0 unspecified atom stereocenters. The van der Waals surface area contributed by atoms with Gasteiger partial charge < -0.3 is 4.98 Å². The SMILES string of the molecule is CSc1nc(CSc2nnc(-c3ccc(C(C)(C)C)cc3)n2-c2ccccc2)cc(=O)[nH]1. The lowest BCUT2D eigenvalue weighted by atomic mass is 9.87. The summed E-state index contributed by atoms with van der Waals surface area (Å²) in [6.45, 7) is 6.61. The molecule has 0 fully saturated rings. The molecule has 2 aromatic heterocycles. The molecule has 0 saturated heterocycles. The number of aromatic amines is 1. The summed E-state index contributed by atoms with van der Waals surface area (Å²) in [4.78, 5) is 19.1. The quantitative estimate of drug-likeness (QED) is 0.308. The lowest BCUT2D eigenvalue weighted by molar-refractivity contribution is 0.590. The van der Waals surface area contributed by atoms with Crippen LogP contribution in [0.4, 0.5) is 0 Å². The van der Waals surface area contributed by atoms with Crippen LogP contribution in [-0.4, -0.2) is 31.0 Å². The van der Waals surface area contributed by atoms with Crippen LogP contribution in [0.5, 0.6) is 0 Å². The average Bonchev–Trinajstić information content (AvgIpc) is 3.21. The third-order valence-electron chi connectivity index (χ3n) is 4.97. The fourth-order valence-electron chi connectivity index (χ4n) is 3.27. The molecule has 6 nitrogen and oxygen atoms in total. The maximum absolute atomic E-state index is 11.9. The molecule has 1 N–H and O–H groups in total. The Hall–Kier alpha value is -2.84. The second kappa shape index (κ2) is 9.34. The largest absolute Gasteiger partial charge is 0.301 e. The molecule has 0 aliphatic rings. The zero-order valence-corrected chi connectivity index (χ0v) is 20.1. The Morgan fingerprint density at radius 1 is 1.00 bits per heavy atom. The van der Waals surface area contributed by atoms with E-state index in [0.717, 1.165) is 22.2 Å². The molecule has 0 atom stereocenters. The molecule has 0 amide bonds. The lowest BCUT2D eigenvalue weighted by Gasteiger charge is -2.19. The zero-order chi connectivity index (χ0) is 22.7. The van der Waals surface area contributed by atoms with Crippen LogP contribution in [0.25, 0.3) is 17.1 Å². The predicted molar refractivity (Wildman–Crippen MR) is 132 cm³/mol. The Kier molecular flexibility index (Phi) is 6.53. The minimum absolute atomic E-state index is 0.0861. The van der Waals surface area contributed by atoms with Gasteiger partial charge in [-0.25, -0.2) is 4.98 Å². The van der Waals surface area contributed by atoms with Gasteiger partial charge in [-0.15, -0.1) is 10.2 Å². The molecule has 0 bridgehead atoms. The van der Waals surface area contributed by atoms with E-state index < -0.39 is 0 Å². The topological polar surface area (TPSA) is 76.5 Å². The third-order valence-corrected chi connectivity index (χ3v) is 6.51. The molecule has 2 heterocycles. The Morgan fingerprint density at radius 2 is 1.72 bits per heavy atom. The van der Waals surface area contributed by atoms with Gasteiger partial charge in [0.1, 0.15) is 0 Å². The van der Waals surface area contributed by atoms with Crippen molar-refractivity contribution in [3.8, 4) is 17.1 Å². The average molecular weight is 464 g/mol. The van der Waals surface area contributed by atoms with E-state index in [-0.39, 0.29) is 11.0 Å². The predicted octanol–water partition coefficient (Wildman–Crippen LogP) is 5.33. The molecular weight excluding hydrogens is 438 g/mol. The fraction of sp³-hybridized carbons (Fsp3) is 0.250. The van der Waals surface area contributed by atoms with Crippen molar-refractivity contribution in [1.82, 2.24) is 24.7 Å². The first-order valence-corrected chi connectivity index (χ1v) is 12.4. The fourth-order valence-corrected chi connectivity index (χ4v) is 4.53. The number of hydrogen-bond donors (Lipinski definition) is 1. The number of H-pyrrole nitrogens is 1. The van der Waals surface area contributed by atoms with Crippen molar-refractivity contribution in [2.45, 2.75) is 42.3 Å². The van der Waals surface area contributed by atoms with Crippen LogP contribution in [0.15, 0.2) is 75.8 Å². The highest BCUT2D eigenvalue weighted by Gasteiger charge is 2.18. The van der Waals surface area contributed by atoms with Crippen molar-refractivity contribution in [3.05, 3.63) is 82.3 Å². The summed E-state index contributed by atoms with van der Waals surface area (Å²) in [7, 11) is 0. The summed E-state index contributed by atoms with van der Waals surface area (Å²) in [6, 6.07) is 20.1. The van der Waals surface area contributed by atoms with Crippen LogP contribution < -0.4 is 5.56 Å². The van der Waals surface area contributed by atoms with Gasteiger partial charge in [-0.3, -0.25) is 9.36 Å². The van der Waals surface area contributed by atoms with Crippen molar-refractivity contribution in [3.63, 3.8) is 0 Å². The van der Waals surface area contributed by atoms with E-state index in [1.54, 1.807) is 0 Å². The smallest absolute Gasteiger partial charge is 0.251 e. The number of nitrogens with one attached hydrogen (secondary N) is 1. The van der Waals surface area contributed by atoms with E-state index in [2.05, 4.69) is 69.8 Å². The van der Waals surface area contributed by atoms with Crippen molar-refractivity contribution in [2.75, 3.05) is 6.26 Å². The van der Waals surface area contributed by atoms with Gasteiger partial charge in [-0.05, 0) is 29.4 Å². The minimum Gasteiger partial charge on any atom is -0.301 e. The number of thioether (sulfide) groups is 2. The molecule has 4 rings (SSSR count). The van der Waals surface area contributed by atoms with Crippen molar-refractivity contribution < 1.29 is 0 Å². The number of aromatic nitrogens is 5. The Morgan fingerprint density at radius 3 is 2.38 bits per heavy atom. The lowest BCUT2D eigenvalue weighted by Crippen LogP contribution is -2.10. The van der Waals surface area contributed by atoms with Crippen LogP contribution >= 0.6 is 23.5 Å². The standard InChI is InChI=1S/C24H25N5OS2/c1-24(2,3)17-12-10-16(11-13-17)21-27-28-23(29(21)19-8-6-5-7-9-19)32-15-18-14-20(30)26-22(25-18)31-4/h5-14H,15H2,1-4H3,(H,25,26,30). The molecule has 2 aromatic carbocycles. The first kappa shape index (κ1) is 22.4. The molecule has 0 radical (unpaired) electrons. The van der Waals surface area contributed by atoms with Gasteiger partial charge in [0.15, 0.2) is 16.1 Å². The highest BCUT2D eigenvalue weighted by molar-refractivity contribution is 7.98. The molecule has 164 valence electrons. The third kappa shape index (κ3) is 4.97. The van der Waals surface area contributed by atoms with Crippen LogP contribution in [-0.2, 0) is 11.2 Å². The first-order chi connectivity index (χ1) is 15.3. The van der Waals surface area contributed by atoms with Crippen LogP contribution in [0.2, 0.25) is 0 Å².